The molecule has 0 aliphatic rings. The molecule has 2 aromatic carbocycles. The molecule has 9 nitrogen and oxygen atoms in total. The van der Waals surface area contributed by atoms with E-state index in [2.05, 4.69) is 10.3 Å². The lowest BCUT2D eigenvalue weighted by atomic mass is 10.1. The maximum absolute atomic E-state index is 13.5. The monoisotopic (exact) mass is 460 g/mol. The Morgan fingerprint density at radius 1 is 1.00 bits per heavy atom. The van der Waals surface area contributed by atoms with Gasteiger partial charge in [0.1, 0.15) is 12.4 Å². The summed E-state index contributed by atoms with van der Waals surface area (Å²) in [6, 6.07) is 9.91. The molecular weight excluding hydrogens is 439 g/mol. The fraction of sp³-hybridized carbons (Fsp3) is 0.190. The van der Waals surface area contributed by atoms with E-state index in [0.29, 0.717) is 0 Å². The van der Waals surface area contributed by atoms with Gasteiger partial charge in [0.2, 0.25) is 5.91 Å². The molecule has 11 heteroatoms. The molecule has 0 saturated carbocycles. The lowest BCUT2D eigenvalue weighted by molar-refractivity contribution is -0.114. The molecule has 3 rings (SSSR count). The van der Waals surface area contributed by atoms with E-state index in [0.717, 1.165) is 27.6 Å². The van der Waals surface area contributed by atoms with Crippen LogP contribution in [0.15, 0.2) is 56.9 Å². The molecule has 0 atom stereocenters. The molecule has 3 aromatic rings. The van der Waals surface area contributed by atoms with Crippen molar-refractivity contribution in [1.29, 1.82) is 0 Å². The quantitative estimate of drug-likeness (QED) is 0.517. The number of H-pyrrole nitrogens is 2. The van der Waals surface area contributed by atoms with E-state index in [1.807, 2.05) is 11.1 Å². The number of aromatic amines is 2. The van der Waals surface area contributed by atoms with Gasteiger partial charge in [-0.1, -0.05) is 6.07 Å². The largest absolute Gasteiger partial charge is 0.325 e. The first-order valence-electron chi connectivity index (χ1n) is 9.47. The summed E-state index contributed by atoms with van der Waals surface area (Å²) >= 11 is 0. The number of aryl methyl sites for hydroxylation is 3. The third-order valence-corrected chi connectivity index (χ3v) is 6.46. The normalized spacial score (nSPS) is 11.2. The molecule has 3 N–H and O–H groups in total. The minimum absolute atomic E-state index is 0.160. The van der Waals surface area contributed by atoms with Gasteiger partial charge in [-0.25, -0.2) is 17.6 Å². The second kappa shape index (κ2) is 8.79. The fourth-order valence-electron chi connectivity index (χ4n) is 3.28. The molecule has 0 saturated heterocycles. The van der Waals surface area contributed by atoms with Gasteiger partial charge in [-0.2, -0.15) is 0 Å². The number of hydrogen-bond acceptors (Lipinski definition) is 5. The zero-order valence-electron chi connectivity index (χ0n) is 17.5. The predicted octanol–water partition coefficient (Wildman–Crippen LogP) is 1.96. The first kappa shape index (κ1) is 22.9. The lowest BCUT2D eigenvalue weighted by Gasteiger charge is -2.25. The van der Waals surface area contributed by atoms with Crippen LogP contribution in [0.2, 0.25) is 0 Å². The number of hydrogen-bond donors (Lipinski definition) is 3. The number of aromatic nitrogens is 2. The summed E-state index contributed by atoms with van der Waals surface area (Å²) in [7, 11) is -4.56. The molecule has 0 spiro atoms. The maximum atomic E-state index is 13.5. The molecule has 0 aliphatic carbocycles. The van der Waals surface area contributed by atoms with Gasteiger partial charge in [0.15, 0.2) is 4.90 Å². The van der Waals surface area contributed by atoms with Gasteiger partial charge in [-0.05, 0) is 68.3 Å². The standard InChI is InChI=1S/C21H21FN4O5S/c1-12-8-13(2)10-17(9-12)26(11-18(27)24-16-6-4-15(22)5-7-16)32(30,31)19-14(3)23-21(29)25-20(19)28/h4-10H,11H2,1-3H3,(H,24,27)(H2,23,25,28,29). The van der Waals surface area contributed by atoms with Crippen molar-refractivity contribution in [3.63, 3.8) is 0 Å². The SMILES string of the molecule is Cc1cc(C)cc(N(CC(=O)Nc2ccc(F)cc2)S(=O)(=O)c2c(C)[nH]c(=O)[nH]c2=O)c1. The summed E-state index contributed by atoms with van der Waals surface area (Å²) in [6.45, 7) is 4.14. The van der Waals surface area contributed by atoms with E-state index in [4.69, 9.17) is 0 Å². The minimum atomic E-state index is -4.56. The number of nitrogens with one attached hydrogen (secondary N) is 3. The number of nitrogens with zero attached hydrogens (tertiary/aromatic N) is 1. The van der Waals surface area contributed by atoms with Crippen LogP contribution < -0.4 is 20.9 Å². The van der Waals surface area contributed by atoms with Crippen molar-refractivity contribution in [2.45, 2.75) is 25.7 Å². The van der Waals surface area contributed by atoms with E-state index in [9.17, 15) is 27.2 Å². The molecule has 1 amide bonds. The third kappa shape index (κ3) is 4.94. The molecule has 1 heterocycles. The van der Waals surface area contributed by atoms with Crippen LogP contribution in [0.3, 0.4) is 0 Å². The highest BCUT2D eigenvalue weighted by Crippen LogP contribution is 2.25. The van der Waals surface area contributed by atoms with Crippen LogP contribution in [-0.4, -0.2) is 30.8 Å². The van der Waals surface area contributed by atoms with Crippen molar-refractivity contribution < 1.29 is 17.6 Å². The number of benzene rings is 2. The zero-order valence-corrected chi connectivity index (χ0v) is 18.3. The summed E-state index contributed by atoms with van der Waals surface area (Å²) < 4.78 is 40.9. The van der Waals surface area contributed by atoms with E-state index < -0.39 is 44.4 Å². The summed E-state index contributed by atoms with van der Waals surface area (Å²) in [5.41, 5.74) is -0.184. The van der Waals surface area contributed by atoms with Crippen molar-refractivity contribution in [3.05, 3.63) is 85.9 Å². The molecular formula is C21H21FN4O5S. The predicted molar refractivity (Wildman–Crippen MR) is 118 cm³/mol. The Labute approximate surface area is 183 Å². The average molecular weight is 460 g/mol. The molecule has 0 fully saturated rings. The smallest absolute Gasteiger partial charge is 0.325 e. The van der Waals surface area contributed by atoms with E-state index in [1.165, 1.54) is 19.1 Å². The molecule has 0 bridgehead atoms. The van der Waals surface area contributed by atoms with Gasteiger partial charge in [0.05, 0.1) is 5.69 Å². The summed E-state index contributed by atoms with van der Waals surface area (Å²) in [5, 5.41) is 2.51. The van der Waals surface area contributed by atoms with Crippen LogP contribution in [0.25, 0.3) is 0 Å². The van der Waals surface area contributed by atoms with E-state index in [-0.39, 0.29) is 17.1 Å². The van der Waals surface area contributed by atoms with Crippen LogP contribution in [0.5, 0.6) is 0 Å². The van der Waals surface area contributed by atoms with Gasteiger partial charge in [-0.15, -0.1) is 0 Å². The Bertz CT molecular complexity index is 1370. The summed E-state index contributed by atoms with van der Waals surface area (Å²) in [6.07, 6.45) is 0. The Morgan fingerprint density at radius 3 is 2.16 bits per heavy atom. The molecule has 168 valence electrons. The second-order valence-electron chi connectivity index (χ2n) is 7.28. The highest BCUT2D eigenvalue weighted by atomic mass is 32.2. The number of anilines is 2. The Balaban J connectivity index is 2.08. The second-order valence-corrected chi connectivity index (χ2v) is 9.07. The Morgan fingerprint density at radius 2 is 1.59 bits per heavy atom. The summed E-state index contributed by atoms with van der Waals surface area (Å²) in [5.74, 6) is -1.20. The topological polar surface area (TPSA) is 132 Å². The number of carbonyl (C=O) groups is 1. The highest BCUT2D eigenvalue weighted by molar-refractivity contribution is 7.92. The molecule has 32 heavy (non-hydrogen) atoms. The highest BCUT2D eigenvalue weighted by Gasteiger charge is 2.32. The zero-order chi connectivity index (χ0) is 23.6. The fourth-order valence-corrected chi connectivity index (χ4v) is 4.90. The first-order valence-corrected chi connectivity index (χ1v) is 10.9. The third-order valence-electron chi connectivity index (χ3n) is 4.53. The van der Waals surface area contributed by atoms with E-state index >= 15 is 0 Å². The van der Waals surface area contributed by atoms with Crippen molar-refractivity contribution in [2.75, 3.05) is 16.2 Å². The lowest BCUT2D eigenvalue weighted by Crippen LogP contribution is -2.42. The average Bonchev–Trinajstić information content (AvgIpc) is 2.66. The molecule has 0 unspecified atom stereocenters. The Kier molecular flexibility index (Phi) is 6.30. The van der Waals surface area contributed by atoms with Crippen LogP contribution >= 0.6 is 0 Å². The van der Waals surface area contributed by atoms with Gasteiger partial charge in [0, 0.05) is 11.4 Å². The van der Waals surface area contributed by atoms with Crippen molar-refractivity contribution in [3.8, 4) is 0 Å². The van der Waals surface area contributed by atoms with Crippen LogP contribution in [-0.2, 0) is 14.8 Å². The van der Waals surface area contributed by atoms with Gasteiger partial charge in [-0.3, -0.25) is 18.9 Å². The van der Waals surface area contributed by atoms with Gasteiger partial charge < -0.3 is 10.3 Å². The van der Waals surface area contributed by atoms with Crippen LogP contribution in [0, 0.1) is 26.6 Å². The number of halogens is 1. The first-order chi connectivity index (χ1) is 15.0. The van der Waals surface area contributed by atoms with Gasteiger partial charge >= 0.3 is 5.69 Å². The minimum Gasteiger partial charge on any atom is -0.325 e. The number of sulfonamides is 1. The molecule has 0 aliphatic heterocycles. The molecule has 1 aromatic heterocycles. The summed E-state index contributed by atoms with van der Waals surface area (Å²) in [4.78, 5) is 40.1. The number of rotatable bonds is 6. The Hall–Kier alpha value is -3.73. The van der Waals surface area contributed by atoms with Crippen LogP contribution in [0.1, 0.15) is 16.8 Å². The van der Waals surface area contributed by atoms with Gasteiger partial charge in [0.25, 0.3) is 15.6 Å². The van der Waals surface area contributed by atoms with Crippen molar-refractivity contribution in [1.82, 2.24) is 9.97 Å². The number of carbonyl (C=O) groups excluding carboxylic acids is 1. The van der Waals surface area contributed by atoms with Crippen LogP contribution in [0.4, 0.5) is 15.8 Å². The number of amides is 1. The van der Waals surface area contributed by atoms with E-state index in [1.54, 1.807) is 26.0 Å². The van der Waals surface area contributed by atoms with Crippen molar-refractivity contribution in [2.24, 2.45) is 0 Å². The maximum Gasteiger partial charge on any atom is 0.325 e. The molecule has 0 radical (unpaired) electrons. The van der Waals surface area contributed by atoms with Crippen molar-refractivity contribution >= 4 is 27.3 Å².